The summed E-state index contributed by atoms with van der Waals surface area (Å²) in [6, 6.07) is 4.71. The zero-order chi connectivity index (χ0) is 14.3. The molecule has 0 spiro atoms. The van der Waals surface area contributed by atoms with E-state index in [0.29, 0.717) is 6.61 Å². The molecular formula is C14H16O5. The number of carboxylic acids is 1. The lowest BCUT2D eigenvalue weighted by Gasteiger charge is -2.05. The number of hydrogen-bond acceptors (Lipinski definition) is 4. The Morgan fingerprint density at radius 3 is 2.68 bits per heavy atom. The zero-order valence-electron chi connectivity index (χ0n) is 10.9. The van der Waals surface area contributed by atoms with Gasteiger partial charge in [0.15, 0.2) is 0 Å². The van der Waals surface area contributed by atoms with E-state index in [-0.39, 0.29) is 23.7 Å². The Bertz CT molecular complexity index is 491. The normalized spacial score (nSPS) is 10.4. The summed E-state index contributed by atoms with van der Waals surface area (Å²) < 4.78 is 9.79. The molecule has 5 heteroatoms. The highest BCUT2D eigenvalue weighted by atomic mass is 16.5. The monoisotopic (exact) mass is 264 g/mol. The van der Waals surface area contributed by atoms with Crippen LogP contribution in [0.2, 0.25) is 0 Å². The maximum absolute atomic E-state index is 11.1. The molecule has 0 aliphatic rings. The fourth-order valence-electron chi connectivity index (χ4n) is 1.50. The first-order chi connectivity index (χ1) is 9.08. The van der Waals surface area contributed by atoms with Gasteiger partial charge in [-0.05, 0) is 24.6 Å². The number of hydrogen-bond donors (Lipinski definition) is 1. The summed E-state index contributed by atoms with van der Waals surface area (Å²) in [5.41, 5.74) is 0.858. The van der Waals surface area contributed by atoms with Crippen LogP contribution >= 0.6 is 0 Å². The van der Waals surface area contributed by atoms with Gasteiger partial charge in [-0.25, -0.2) is 4.79 Å². The molecule has 0 heterocycles. The van der Waals surface area contributed by atoms with Gasteiger partial charge in [0.1, 0.15) is 11.3 Å². The van der Waals surface area contributed by atoms with Crippen LogP contribution in [0.1, 0.15) is 29.3 Å². The molecular weight excluding hydrogens is 248 g/mol. The molecule has 0 atom stereocenters. The molecule has 1 aromatic carbocycles. The Balaban J connectivity index is 2.77. The van der Waals surface area contributed by atoms with Gasteiger partial charge in [-0.15, -0.1) is 0 Å². The Labute approximate surface area is 111 Å². The van der Waals surface area contributed by atoms with E-state index in [4.69, 9.17) is 14.6 Å². The van der Waals surface area contributed by atoms with Crippen molar-refractivity contribution in [2.75, 3.05) is 13.7 Å². The van der Waals surface area contributed by atoms with Gasteiger partial charge in [0.05, 0.1) is 20.1 Å². The summed E-state index contributed by atoms with van der Waals surface area (Å²) in [5, 5.41) is 8.94. The Kier molecular flexibility index (Phi) is 5.60. The first-order valence-electron chi connectivity index (χ1n) is 5.82. The Morgan fingerprint density at radius 1 is 1.37 bits per heavy atom. The average molecular weight is 264 g/mol. The third kappa shape index (κ3) is 4.46. The molecule has 0 amide bonds. The lowest BCUT2D eigenvalue weighted by Crippen LogP contribution is -2.01. The van der Waals surface area contributed by atoms with Crippen molar-refractivity contribution < 1.29 is 24.2 Å². The lowest BCUT2D eigenvalue weighted by atomic mass is 10.1. The molecule has 0 aromatic heterocycles. The van der Waals surface area contributed by atoms with Crippen LogP contribution in [0.25, 0.3) is 6.08 Å². The highest BCUT2D eigenvalue weighted by Crippen LogP contribution is 2.21. The number of carbonyl (C=O) groups excluding carboxylic acids is 1. The Hall–Kier alpha value is -2.30. The maximum Gasteiger partial charge on any atom is 0.339 e. The second-order valence-corrected chi connectivity index (χ2v) is 3.68. The largest absolute Gasteiger partial charge is 0.496 e. The Morgan fingerprint density at radius 2 is 2.11 bits per heavy atom. The molecule has 1 aromatic rings. The van der Waals surface area contributed by atoms with Gasteiger partial charge < -0.3 is 14.6 Å². The third-order valence-electron chi connectivity index (χ3n) is 2.36. The SMILES string of the molecule is CCOC(=O)CC=Cc1ccc(C(=O)O)c(OC)c1. The van der Waals surface area contributed by atoms with Crippen LogP contribution in [-0.4, -0.2) is 30.8 Å². The molecule has 5 nitrogen and oxygen atoms in total. The van der Waals surface area contributed by atoms with Crippen LogP contribution in [0, 0.1) is 0 Å². The molecule has 0 aliphatic carbocycles. The lowest BCUT2D eigenvalue weighted by molar-refractivity contribution is -0.142. The van der Waals surface area contributed by atoms with Gasteiger partial charge in [-0.2, -0.15) is 0 Å². The molecule has 0 bridgehead atoms. The van der Waals surface area contributed by atoms with Crippen molar-refractivity contribution in [2.45, 2.75) is 13.3 Å². The van der Waals surface area contributed by atoms with Crippen LogP contribution in [0.4, 0.5) is 0 Å². The molecule has 0 saturated carbocycles. The maximum atomic E-state index is 11.1. The van der Waals surface area contributed by atoms with Gasteiger partial charge in [0.2, 0.25) is 0 Å². The van der Waals surface area contributed by atoms with Crippen molar-refractivity contribution in [3.8, 4) is 5.75 Å². The first-order valence-corrected chi connectivity index (χ1v) is 5.82. The number of rotatable bonds is 6. The average Bonchev–Trinajstić information content (AvgIpc) is 2.38. The van der Waals surface area contributed by atoms with Crippen LogP contribution < -0.4 is 4.74 Å². The van der Waals surface area contributed by atoms with E-state index < -0.39 is 5.97 Å². The summed E-state index contributed by atoms with van der Waals surface area (Å²) in [6.45, 7) is 2.10. The summed E-state index contributed by atoms with van der Waals surface area (Å²) in [6.07, 6.45) is 3.55. The molecule has 0 radical (unpaired) electrons. The second kappa shape index (κ2) is 7.20. The number of carbonyl (C=O) groups is 2. The fourth-order valence-corrected chi connectivity index (χ4v) is 1.50. The molecule has 1 N–H and O–H groups in total. The molecule has 0 saturated heterocycles. The minimum Gasteiger partial charge on any atom is -0.496 e. The summed E-state index contributed by atoms with van der Waals surface area (Å²) >= 11 is 0. The summed E-state index contributed by atoms with van der Waals surface area (Å²) in [5.74, 6) is -1.06. The molecule has 0 aliphatic heterocycles. The van der Waals surface area contributed by atoms with Gasteiger partial charge in [-0.3, -0.25) is 4.79 Å². The smallest absolute Gasteiger partial charge is 0.339 e. The van der Waals surface area contributed by atoms with Crippen LogP contribution in [0.5, 0.6) is 5.75 Å². The highest BCUT2D eigenvalue weighted by Gasteiger charge is 2.10. The molecule has 1 rings (SSSR count). The minimum atomic E-state index is -1.04. The molecule has 19 heavy (non-hydrogen) atoms. The van der Waals surface area contributed by atoms with Crippen molar-refractivity contribution in [1.29, 1.82) is 0 Å². The standard InChI is InChI=1S/C14H16O5/c1-3-19-13(15)6-4-5-10-7-8-11(14(16)17)12(9-10)18-2/h4-5,7-9H,3,6H2,1-2H3,(H,16,17). The predicted molar refractivity (Wildman–Crippen MR) is 70.2 cm³/mol. The molecule has 0 fully saturated rings. The number of aromatic carboxylic acids is 1. The number of methoxy groups -OCH3 is 1. The minimum absolute atomic E-state index is 0.102. The van der Waals surface area contributed by atoms with Gasteiger partial charge in [-0.1, -0.05) is 18.2 Å². The number of benzene rings is 1. The van der Waals surface area contributed by atoms with Gasteiger partial charge in [0.25, 0.3) is 0 Å². The van der Waals surface area contributed by atoms with Gasteiger partial charge >= 0.3 is 11.9 Å². The zero-order valence-corrected chi connectivity index (χ0v) is 10.9. The highest BCUT2D eigenvalue weighted by molar-refractivity contribution is 5.91. The van der Waals surface area contributed by atoms with Crippen molar-refractivity contribution in [3.63, 3.8) is 0 Å². The molecule has 102 valence electrons. The number of esters is 1. The van der Waals surface area contributed by atoms with E-state index in [0.717, 1.165) is 5.56 Å². The first kappa shape index (κ1) is 14.8. The van der Waals surface area contributed by atoms with Gasteiger partial charge in [0, 0.05) is 0 Å². The van der Waals surface area contributed by atoms with E-state index in [2.05, 4.69) is 0 Å². The summed E-state index contributed by atoms with van der Waals surface area (Å²) in [4.78, 5) is 22.0. The van der Waals surface area contributed by atoms with E-state index in [9.17, 15) is 9.59 Å². The second-order valence-electron chi connectivity index (χ2n) is 3.68. The van der Waals surface area contributed by atoms with Crippen molar-refractivity contribution >= 4 is 18.0 Å². The summed E-state index contributed by atoms with van der Waals surface area (Å²) in [7, 11) is 1.41. The number of ether oxygens (including phenoxy) is 2. The fraction of sp³-hybridized carbons (Fsp3) is 0.286. The van der Waals surface area contributed by atoms with Crippen LogP contribution in [-0.2, 0) is 9.53 Å². The molecule has 0 unspecified atom stereocenters. The quantitative estimate of drug-likeness (QED) is 0.798. The van der Waals surface area contributed by atoms with E-state index in [1.54, 1.807) is 31.2 Å². The third-order valence-corrected chi connectivity index (χ3v) is 2.36. The van der Waals surface area contributed by atoms with E-state index in [1.807, 2.05) is 0 Å². The van der Waals surface area contributed by atoms with Crippen LogP contribution in [0.15, 0.2) is 24.3 Å². The van der Waals surface area contributed by atoms with E-state index >= 15 is 0 Å². The van der Waals surface area contributed by atoms with Crippen LogP contribution in [0.3, 0.4) is 0 Å². The van der Waals surface area contributed by atoms with E-state index in [1.165, 1.54) is 13.2 Å². The topological polar surface area (TPSA) is 72.8 Å². The number of carboxylic acid groups (broad SMARTS) is 1. The van der Waals surface area contributed by atoms with Crippen molar-refractivity contribution in [1.82, 2.24) is 0 Å². The predicted octanol–water partition coefficient (Wildman–Crippen LogP) is 2.36. The van der Waals surface area contributed by atoms with Crippen molar-refractivity contribution in [2.24, 2.45) is 0 Å². The van der Waals surface area contributed by atoms with Crippen molar-refractivity contribution in [3.05, 3.63) is 35.4 Å².